The van der Waals surface area contributed by atoms with Crippen molar-refractivity contribution in [2.24, 2.45) is 0 Å². The number of hydrogen-bond donors (Lipinski definition) is 1. The Hall–Kier alpha value is -3.46. The van der Waals surface area contributed by atoms with E-state index >= 15 is 0 Å². The van der Waals surface area contributed by atoms with Crippen molar-refractivity contribution >= 4 is 5.91 Å². The molecule has 2 heterocycles. The van der Waals surface area contributed by atoms with Crippen LogP contribution in [0.3, 0.4) is 0 Å². The fourth-order valence-electron chi connectivity index (χ4n) is 5.46. The second kappa shape index (κ2) is 9.06. The minimum absolute atomic E-state index is 0.102. The lowest BCUT2D eigenvalue weighted by Gasteiger charge is -2.34. The summed E-state index contributed by atoms with van der Waals surface area (Å²) >= 11 is 0. The number of nitrogens with zero attached hydrogens (tertiary/aromatic N) is 4. The Morgan fingerprint density at radius 1 is 0.971 bits per heavy atom. The number of aryl methyl sites for hydroxylation is 3. The number of piperidine rings is 1. The molecule has 174 valence electrons. The first-order valence-corrected chi connectivity index (χ1v) is 12.3. The van der Waals surface area contributed by atoms with Crippen molar-refractivity contribution in [3.05, 3.63) is 69.5 Å². The molecule has 3 aromatic rings. The SMILES string of the molecule is Cc1nnc(-c2cc(C(=O)N3CCC(c4ccc(C#N)cc4C)CC3)c(C)cc2C2CCC2)[nH]1. The van der Waals surface area contributed by atoms with Gasteiger partial charge in [0.05, 0.1) is 11.6 Å². The van der Waals surface area contributed by atoms with Crippen molar-refractivity contribution in [3.63, 3.8) is 0 Å². The van der Waals surface area contributed by atoms with E-state index in [0.717, 1.165) is 54.3 Å². The number of nitriles is 1. The third kappa shape index (κ3) is 4.11. The molecule has 0 unspecified atom stereocenters. The quantitative estimate of drug-likeness (QED) is 0.561. The fraction of sp³-hybridized carbons (Fsp3) is 0.429. The summed E-state index contributed by atoms with van der Waals surface area (Å²) in [5.41, 5.74) is 7.27. The van der Waals surface area contributed by atoms with Crippen LogP contribution in [0.1, 0.15) is 87.9 Å². The minimum Gasteiger partial charge on any atom is -0.339 e. The van der Waals surface area contributed by atoms with Crippen LogP contribution in [0.2, 0.25) is 0 Å². The van der Waals surface area contributed by atoms with Crippen molar-refractivity contribution < 1.29 is 4.79 Å². The summed E-state index contributed by atoms with van der Waals surface area (Å²) in [6.45, 7) is 7.51. The second-order valence-corrected chi connectivity index (χ2v) is 9.89. The number of nitrogens with one attached hydrogen (secondary N) is 1. The van der Waals surface area contributed by atoms with E-state index in [1.165, 1.54) is 36.0 Å². The van der Waals surface area contributed by atoms with Gasteiger partial charge >= 0.3 is 0 Å². The van der Waals surface area contributed by atoms with Gasteiger partial charge in [-0.1, -0.05) is 18.6 Å². The Balaban J connectivity index is 1.37. The van der Waals surface area contributed by atoms with Gasteiger partial charge in [0.2, 0.25) is 0 Å². The molecule has 34 heavy (non-hydrogen) atoms. The lowest BCUT2D eigenvalue weighted by molar-refractivity contribution is 0.0712. The molecule has 0 spiro atoms. The van der Waals surface area contributed by atoms with Crippen LogP contribution in [0, 0.1) is 32.1 Å². The van der Waals surface area contributed by atoms with Crippen LogP contribution in [-0.4, -0.2) is 39.1 Å². The van der Waals surface area contributed by atoms with Gasteiger partial charge in [-0.15, -0.1) is 10.2 Å². The first-order chi connectivity index (χ1) is 16.4. The summed E-state index contributed by atoms with van der Waals surface area (Å²) in [4.78, 5) is 18.9. The third-order valence-corrected chi connectivity index (χ3v) is 7.65. The number of hydrogen-bond acceptors (Lipinski definition) is 4. The first kappa shape index (κ1) is 22.3. The van der Waals surface area contributed by atoms with Crippen LogP contribution in [-0.2, 0) is 0 Å². The Morgan fingerprint density at radius 3 is 2.29 bits per heavy atom. The molecule has 1 aliphatic carbocycles. The highest BCUT2D eigenvalue weighted by Gasteiger charge is 2.29. The van der Waals surface area contributed by atoms with Gasteiger partial charge in [-0.05, 0) is 98.7 Å². The lowest BCUT2D eigenvalue weighted by Crippen LogP contribution is -2.38. The van der Waals surface area contributed by atoms with Crippen molar-refractivity contribution in [1.29, 1.82) is 5.26 Å². The smallest absolute Gasteiger partial charge is 0.254 e. The number of aromatic nitrogens is 3. The first-order valence-electron chi connectivity index (χ1n) is 12.3. The van der Waals surface area contributed by atoms with Gasteiger partial charge in [-0.3, -0.25) is 4.79 Å². The lowest BCUT2D eigenvalue weighted by atomic mass is 9.77. The summed E-state index contributed by atoms with van der Waals surface area (Å²) in [7, 11) is 0. The van der Waals surface area contributed by atoms with Crippen LogP contribution >= 0.6 is 0 Å². The highest BCUT2D eigenvalue weighted by Crippen LogP contribution is 2.42. The van der Waals surface area contributed by atoms with E-state index in [4.69, 9.17) is 5.26 Å². The van der Waals surface area contributed by atoms with Crippen molar-refractivity contribution in [1.82, 2.24) is 20.1 Å². The van der Waals surface area contributed by atoms with E-state index in [9.17, 15) is 4.79 Å². The number of benzene rings is 2. The van der Waals surface area contributed by atoms with Crippen LogP contribution in [0.25, 0.3) is 11.4 Å². The second-order valence-electron chi connectivity index (χ2n) is 9.89. The van der Waals surface area contributed by atoms with Gasteiger partial charge in [-0.25, -0.2) is 0 Å². The molecule has 1 saturated carbocycles. The fourth-order valence-corrected chi connectivity index (χ4v) is 5.46. The van der Waals surface area contributed by atoms with Gasteiger partial charge < -0.3 is 9.88 Å². The number of rotatable bonds is 4. The Labute approximate surface area is 201 Å². The molecule has 1 amide bonds. The van der Waals surface area contributed by atoms with Gasteiger partial charge in [-0.2, -0.15) is 5.26 Å². The van der Waals surface area contributed by atoms with Crippen molar-refractivity contribution in [2.75, 3.05) is 13.1 Å². The van der Waals surface area contributed by atoms with E-state index < -0.39 is 0 Å². The maximum absolute atomic E-state index is 13.6. The summed E-state index contributed by atoms with van der Waals surface area (Å²) in [5.74, 6) is 2.60. The van der Waals surface area contributed by atoms with Crippen LogP contribution < -0.4 is 0 Å². The highest BCUT2D eigenvalue weighted by atomic mass is 16.2. The average Bonchev–Trinajstić information content (AvgIpc) is 3.24. The molecule has 6 heteroatoms. The zero-order valence-corrected chi connectivity index (χ0v) is 20.2. The summed E-state index contributed by atoms with van der Waals surface area (Å²) < 4.78 is 0. The third-order valence-electron chi connectivity index (χ3n) is 7.65. The molecule has 1 aromatic heterocycles. The van der Waals surface area contributed by atoms with E-state index in [2.05, 4.69) is 47.2 Å². The van der Waals surface area contributed by atoms with Crippen LogP contribution in [0.15, 0.2) is 30.3 Å². The Morgan fingerprint density at radius 2 is 1.71 bits per heavy atom. The topological polar surface area (TPSA) is 85.7 Å². The molecular weight excluding hydrogens is 422 g/mol. The standard InChI is InChI=1S/C28H31N5O/c1-17-13-20(16-29)7-8-23(17)22-9-11-33(12-10-22)28(34)24-15-26(27-30-19(3)31-32-27)25(14-18(24)2)21-5-4-6-21/h7-8,13-15,21-22H,4-6,9-12H2,1-3H3,(H,30,31,32). The monoisotopic (exact) mass is 453 g/mol. The highest BCUT2D eigenvalue weighted by molar-refractivity contribution is 5.97. The van der Waals surface area contributed by atoms with Crippen molar-refractivity contribution in [3.8, 4) is 17.5 Å². The van der Waals surface area contributed by atoms with Gasteiger partial charge in [0.15, 0.2) is 5.82 Å². The predicted molar refractivity (Wildman–Crippen MR) is 132 cm³/mol. The minimum atomic E-state index is 0.102. The summed E-state index contributed by atoms with van der Waals surface area (Å²) in [5, 5.41) is 17.6. The molecule has 2 aromatic carbocycles. The molecule has 1 aliphatic heterocycles. The Kier molecular flexibility index (Phi) is 5.95. The number of amides is 1. The molecule has 0 bridgehead atoms. The van der Waals surface area contributed by atoms with Crippen LogP contribution in [0.4, 0.5) is 0 Å². The zero-order valence-electron chi connectivity index (χ0n) is 20.2. The summed E-state index contributed by atoms with van der Waals surface area (Å²) in [6, 6.07) is 12.4. The van der Waals surface area contributed by atoms with Gasteiger partial charge in [0, 0.05) is 24.2 Å². The zero-order chi connectivity index (χ0) is 23.8. The molecule has 0 radical (unpaired) electrons. The van der Waals surface area contributed by atoms with Crippen molar-refractivity contribution in [2.45, 2.75) is 64.7 Å². The number of carbonyl (C=O) groups excluding carboxylic acids is 1. The van der Waals surface area contributed by atoms with Crippen LogP contribution in [0.5, 0.6) is 0 Å². The number of carbonyl (C=O) groups is 1. The molecule has 1 N–H and O–H groups in total. The Bertz CT molecular complexity index is 1270. The maximum Gasteiger partial charge on any atom is 0.254 e. The molecule has 1 saturated heterocycles. The largest absolute Gasteiger partial charge is 0.339 e. The van der Waals surface area contributed by atoms with Gasteiger partial charge in [0.1, 0.15) is 5.82 Å². The average molecular weight is 454 g/mol. The summed E-state index contributed by atoms with van der Waals surface area (Å²) in [6.07, 6.45) is 5.51. The van der Waals surface area contributed by atoms with E-state index in [-0.39, 0.29) is 5.91 Å². The number of likely N-dealkylation sites (tertiary alicyclic amines) is 1. The maximum atomic E-state index is 13.6. The molecule has 5 rings (SSSR count). The number of aromatic amines is 1. The predicted octanol–water partition coefficient (Wildman–Crippen LogP) is 5.56. The molecule has 6 nitrogen and oxygen atoms in total. The van der Waals surface area contributed by atoms with E-state index in [1.807, 2.05) is 30.0 Å². The molecule has 2 aliphatic rings. The van der Waals surface area contributed by atoms with E-state index in [1.54, 1.807) is 0 Å². The molecular formula is C28H31N5O. The van der Waals surface area contributed by atoms with Gasteiger partial charge in [0.25, 0.3) is 5.91 Å². The molecule has 0 atom stereocenters. The number of H-pyrrole nitrogens is 1. The van der Waals surface area contributed by atoms with E-state index in [0.29, 0.717) is 17.4 Å². The molecule has 2 fully saturated rings. The normalized spacial score (nSPS) is 16.8.